The zero-order valence-corrected chi connectivity index (χ0v) is 17.5. The standard InChI is InChI=1S/C20H21F2N3O5S/c1-31(28,29)25(13-19(26)23-15-4-7-17(21)18(22)12-15)16-5-2-14(3-6-16)20(27)24-8-10-30-11-9-24/h2-7,12H,8-11,13H2,1H3,(H,23,26). The van der Waals surface area contributed by atoms with E-state index in [1.54, 1.807) is 4.90 Å². The molecule has 1 N–H and O–H groups in total. The van der Waals surface area contributed by atoms with Crippen LogP contribution in [-0.4, -0.2) is 64.2 Å². The summed E-state index contributed by atoms with van der Waals surface area (Å²) >= 11 is 0. The van der Waals surface area contributed by atoms with Crippen LogP contribution in [0.15, 0.2) is 42.5 Å². The molecule has 2 aromatic rings. The van der Waals surface area contributed by atoms with E-state index >= 15 is 0 Å². The number of amides is 2. The number of sulfonamides is 1. The van der Waals surface area contributed by atoms with Crippen molar-refractivity contribution in [2.24, 2.45) is 0 Å². The average molecular weight is 453 g/mol. The minimum absolute atomic E-state index is 0.0104. The molecule has 1 aliphatic heterocycles. The van der Waals surface area contributed by atoms with Gasteiger partial charge in [-0.1, -0.05) is 0 Å². The molecule has 11 heteroatoms. The van der Waals surface area contributed by atoms with Crippen LogP contribution in [0.25, 0.3) is 0 Å². The van der Waals surface area contributed by atoms with E-state index in [1.807, 2.05) is 0 Å². The van der Waals surface area contributed by atoms with Crippen LogP contribution in [0.2, 0.25) is 0 Å². The maximum atomic E-state index is 13.3. The lowest BCUT2D eigenvalue weighted by atomic mass is 10.1. The molecule has 0 atom stereocenters. The first kappa shape index (κ1) is 22.6. The molecule has 8 nitrogen and oxygen atoms in total. The highest BCUT2D eigenvalue weighted by molar-refractivity contribution is 7.92. The van der Waals surface area contributed by atoms with Crippen LogP contribution < -0.4 is 9.62 Å². The van der Waals surface area contributed by atoms with Crippen LogP contribution in [0.1, 0.15) is 10.4 Å². The highest BCUT2D eigenvalue weighted by Crippen LogP contribution is 2.20. The fourth-order valence-corrected chi connectivity index (χ4v) is 3.88. The molecule has 0 unspecified atom stereocenters. The maximum absolute atomic E-state index is 13.3. The molecule has 1 saturated heterocycles. The third kappa shape index (κ3) is 5.76. The van der Waals surface area contributed by atoms with Crippen LogP contribution in [-0.2, 0) is 19.6 Å². The molecule has 1 aliphatic rings. The van der Waals surface area contributed by atoms with Crippen molar-refractivity contribution in [2.45, 2.75) is 0 Å². The number of benzene rings is 2. The van der Waals surface area contributed by atoms with Gasteiger partial charge in [-0.3, -0.25) is 13.9 Å². The summed E-state index contributed by atoms with van der Waals surface area (Å²) in [6.45, 7) is 1.27. The molecule has 31 heavy (non-hydrogen) atoms. The fraction of sp³-hybridized carbons (Fsp3) is 0.300. The summed E-state index contributed by atoms with van der Waals surface area (Å²) in [5.74, 6) is -3.15. The highest BCUT2D eigenvalue weighted by Gasteiger charge is 2.23. The summed E-state index contributed by atoms with van der Waals surface area (Å²) in [5, 5.41) is 2.33. The topological polar surface area (TPSA) is 96.0 Å². The van der Waals surface area contributed by atoms with Crippen molar-refractivity contribution >= 4 is 33.2 Å². The number of ether oxygens (including phenoxy) is 1. The Kier molecular flexibility index (Phi) is 6.86. The molecule has 0 spiro atoms. The minimum Gasteiger partial charge on any atom is -0.378 e. The first-order valence-corrected chi connectivity index (χ1v) is 11.2. The number of hydrogen-bond donors (Lipinski definition) is 1. The van der Waals surface area contributed by atoms with Crippen LogP contribution >= 0.6 is 0 Å². The summed E-state index contributed by atoms with van der Waals surface area (Å²) in [6, 6.07) is 8.64. The number of carbonyl (C=O) groups is 2. The number of hydrogen-bond acceptors (Lipinski definition) is 5. The van der Waals surface area contributed by atoms with E-state index in [9.17, 15) is 26.8 Å². The molecule has 166 valence electrons. The fourth-order valence-electron chi connectivity index (χ4n) is 3.02. The van der Waals surface area contributed by atoms with Gasteiger partial charge in [-0.15, -0.1) is 0 Å². The lowest BCUT2D eigenvalue weighted by Crippen LogP contribution is -2.40. The summed E-state index contributed by atoms with van der Waals surface area (Å²) in [6.07, 6.45) is 0.935. The first-order valence-electron chi connectivity index (χ1n) is 9.35. The predicted octanol–water partition coefficient (Wildman–Crippen LogP) is 1.84. The summed E-state index contributed by atoms with van der Waals surface area (Å²) in [5.41, 5.74) is 0.551. The van der Waals surface area contributed by atoms with Gasteiger partial charge in [0.1, 0.15) is 6.54 Å². The second-order valence-electron chi connectivity index (χ2n) is 6.90. The van der Waals surface area contributed by atoms with Gasteiger partial charge in [0.2, 0.25) is 15.9 Å². The number of morpholine rings is 1. The summed E-state index contributed by atoms with van der Waals surface area (Å²) < 4.78 is 56.9. The van der Waals surface area contributed by atoms with Crippen molar-refractivity contribution in [1.29, 1.82) is 0 Å². The number of nitrogens with zero attached hydrogens (tertiary/aromatic N) is 2. The minimum atomic E-state index is -3.85. The molecular formula is C20H21F2N3O5S. The maximum Gasteiger partial charge on any atom is 0.254 e. The SMILES string of the molecule is CS(=O)(=O)N(CC(=O)Nc1ccc(F)c(F)c1)c1ccc(C(=O)N2CCOCC2)cc1. The number of anilines is 2. The number of rotatable bonds is 6. The summed E-state index contributed by atoms with van der Waals surface area (Å²) in [4.78, 5) is 26.5. The van der Waals surface area contributed by atoms with Crippen LogP contribution in [0, 0.1) is 11.6 Å². The largest absolute Gasteiger partial charge is 0.378 e. The smallest absolute Gasteiger partial charge is 0.254 e. The molecule has 0 aliphatic carbocycles. The Morgan fingerprint density at radius 1 is 1.06 bits per heavy atom. The van der Waals surface area contributed by atoms with Crippen molar-refractivity contribution in [1.82, 2.24) is 4.90 Å². The lowest BCUT2D eigenvalue weighted by molar-refractivity contribution is -0.114. The van der Waals surface area contributed by atoms with Crippen molar-refractivity contribution in [3.8, 4) is 0 Å². The first-order chi connectivity index (χ1) is 14.6. The van der Waals surface area contributed by atoms with Crippen molar-refractivity contribution in [3.05, 3.63) is 59.7 Å². The average Bonchev–Trinajstić information content (AvgIpc) is 2.74. The van der Waals surface area contributed by atoms with E-state index in [0.717, 1.165) is 28.8 Å². The molecule has 2 aromatic carbocycles. The number of nitrogens with one attached hydrogen (secondary N) is 1. The lowest BCUT2D eigenvalue weighted by Gasteiger charge is -2.27. The monoisotopic (exact) mass is 453 g/mol. The Morgan fingerprint density at radius 3 is 2.29 bits per heavy atom. The quantitative estimate of drug-likeness (QED) is 0.720. The van der Waals surface area contributed by atoms with Gasteiger partial charge < -0.3 is 15.0 Å². The summed E-state index contributed by atoms with van der Waals surface area (Å²) in [7, 11) is -3.85. The van der Waals surface area contributed by atoms with Crippen LogP contribution in [0.3, 0.4) is 0 Å². The molecule has 0 radical (unpaired) electrons. The van der Waals surface area contributed by atoms with E-state index in [-0.39, 0.29) is 17.3 Å². The molecular weight excluding hydrogens is 432 g/mol. The third-order valence-electron chi connectivity index (χ3n) is 4.59. The van der Waals surface area contributed by atoms with Gasteiger partial charge in [0.25, 0.3) is 5.91 Å². The molecule has 0 saturated carbocycles. The van der Waals surface area contributed by atoms with E-state index in [2.05, 4.69) is 5.32 Å². The Morgan fingerprint density at radius 2 is 1.71 bits per heavy atom. The van der Waals surface area contributed by atoms with Crippen molar-refractivity contribution < 1.29 is 31.5 Å². The Bertz CT molecular complexity index is 1070. The van der Waals surface area contributed by atoms with Crippen molar-refractivity contribution in [3.63, 3.8) is 0 Å². The van der Waals surface area contributed by atoms with Gasteiger partial charge in [0, 0.05) is 30.4 Å². The van der Waals surface area contributed by atoms with E-state index < -0.39 is 34.1 Å². The van der Waals surface area contributed by atoms with Crippen LogP contribution in [0.4, 0.5) is 20.2 Å². The Hall–Kier alpha value is -3.05. The van der Waals surface area contributed by atoms with E-state index in [0.29, 0.717) is 31.9 Å². The van der Waals surface area contributed by atoms with Gasteiger partial charge in [-0.05, 0) is 36.4 Å². The van der Waals surface area contributed by atoms with Gasteiger partial charge in [0.05, 0.1) is 25.2 Å². The van der Waals surface area contributed by atoms with E-state index in [4.69, 9.17) is 4.74 Å². The van der Waals surface area contributed by atoms with Gasteiger partial charge in [-0.2, -0.15) is 0 Å². The molecule has 0 bridgehead atoms. The number of halogens is 2. The van der Waals surface area contributed by atoms with Crippen molar-refractivity contribution in [2.75, 3.05) is 48.7 Å². The van der Waals surface area contributed by atoms with Gasteiger partial charge >= 0.3 is 0 Å². The Balaban J connectivity index is 1.73. The third-order valence-corrected chi connectivity index (χ3v) is 5.73. The molecule has 0 aromatic heterocycles. The zero-order chi connectivity index (χ0) is 22.6. The highest BCUT2D eigenvalue weighted by atomic mass is 32.2. The van der Waals surface area contributed by atoms with E-state index in [1.165, 1.54) is 24.3 Å². The Labute approximate surface area is 178 Å². The second-order valence-corrected chi connectivity index (χ2v) is 8.80. The predicted molar refractivity (Wildman–Crippen MR) is 110 cm³/mol. The molecule has 1 heterocycles. The van der Waals surface area contributed by atoms with Gasteiger partial charge in [0.15, 0.2) is 11.6 Å². The molecule has 3 rings (SSSR count). The van der Waals surface area contributed by atoms with Gasteiger partial charge in [-0.25, -0.2) is 17.2 Å². The molecule has 1 fully saturated rings. The van der Waals surface area contributed by atoms with Crippen LogP contribution in [0.5, 0.6) is 0 Å². The second kappa shape index (κ2) is 9.40. The number of carbonyl (C=O) groups excluding carboxylic acids is 2. The normalized spacial score (nSPS) is 14.2. The molecule has 2 amide bonds. The zero-order valence-electron chi connectivity index (χ0n) is 16.7.